The van der Waals surface area contributed by atoms with Gasteiger partial charge in [-0.05, 0) is 20.3 Å². The molecule has 0 rings (SSSR count). The van der Waals surface area contributed by atoms with Crippen LogP contribution in [0.2, 0.25) is 0 Å². The van der Waals surface area contributed by atoms with E-state index in [0.717, 1.165) is 12.8 Å². The molecule has 0 spiro atoms. The van der Waals surface area contributed by atoms with Crippen LogP contribution >= 0.6 is 0 Å². The van der Waals surface area contributed by atoms with Crippen LogP contribution in [0.4, 0.5) is 0 Å². The quantitative estimate of drug-likeness (QED) is 0.398. The predicted molar refractivity (Wildman–Crippen MR) is 85.7 cm³/mol. The highest BCUT2D eigenvalue weighted by Gasteiger charge is 2.23. The Hall–Kier alpha value is -0.570. The Labute approximate surface area is 125 Å². The van der Waals surface area contributed by atoms with Crippen molar-refractivity contribution in [1.82, 2.24) is 0 Å². The summed E-state index contributed by atoms with van der Waals surface area (Å²) in [6.45, 7) is 6.12. The lowest BCUT2D eigenvalue weighted by Crippen LogP contribution is -2.42. The first-order valence-corrected chi connectivity index (χ1v) is 8.44. The van der Waals surface area contributed by atoms with Crippen LogP contribution in [-0.4, -0.2) is 18.1 Å². The number of unbranched alkanes of at least 4 members (excludes halogenated alkanes) is 10. The van der Waals surface area contributed by atoms with Gasteiger partial charge in [0.05, 0.1) is 6.61 Å². The van der Waals surface area contributed by atoms with Gasteiger partial charge in [0, 0.05) is 0 Å². The zero-order chi connectivity index (χ0) is 15.3. The smallest absolute Gasteiger partial charge is 0.325 e. The molecular weight excluding hydrogens is 250 g/mol. The maximum Gasteiger partial charge on any atom is 0.325 e. The summed E-state index contributed by atoms with van der Waals surface area (Å²) >= 11 is 0. The van der Waals surface area contributed by atoms with Crippen LogP contribution < -0.4 is 5.73 Å². The van der Waals surface area contributed by atoms with Crippen LogP contribution in [0.25, 0.3) is 0 Å². The van der Waals surface area contributed by atoms with E-state index in [1.165, 1.54) is 57.8 Å². The minimum atomic E-state index is -0.863. The lowest BCUT2D eigenvalue weighted by Gasteiger charge is -2.16. The van der Waals surface area contributed by atoms with E-state index in [1.54, 1.807) is 13.8 Å². The molecule has 3 nitrogen and oxygen atoms in total. The standard InChI is InChI=1S/C17H35NO2/c1-4-5-6-7-8-9-10-11-12-13-14-15-20-16(19)17(2,3)18/h4-15,18H2,1-3H3. The molecule has 0 fully saturated rings. The van der Waals surface area contributed by atoms with E-state index in [9.17, 15) is 4.79 Å². The summed E-state index contributed by atoms with van der Waals surface area (Å²) in [7, 11) is 0. The average Bonchev–Trinajstić information content (AvgIpc) is 2.38. The Kier molecular flexibility index (Phi) is 11.8. The van der Waals surface area contributed by atoms with E-state index in [0.29, 0.717) is 6.61 Å². The number of ether oxygens (including phenoxy) is 1. The Bertz CT molecular complexity index is 234. The predicted octanol–water partition coefficient (Wildman–Crippen LogP) is 4.58. The van der Waals surface area contributed by atoms with Crippen LogP contribution in [0, 0.1) is 0 Å². The molecule has 0 aromatic rings. The van der Waals surface area contributed by atoms with E-state index in [2.05, 4.69) is 6.92 Å². The molecule has 120 valence electrons. The highest BCUT2D eigenvalue weighted by molar-refractivity contribution is 5.79. The summed E-state index contributed by atoms with van der Waals surface area (Å²) in [4.78, 5) is 11.4. The second-order valence-corrected chi connectivity index (χ2v) is 6.39. The monoisotopic (exact) mass is 285 g/mol. The fourth-order valence-corrected chi connectivity index (χ4v) is 2.12. The molecule has 20 heavy (non-hydrogen) atoms. The number of nitrogens with two attached hydrogens (primary N) is 1. The summed E-state index contributed by atoms with van der Waals surface area (Å²) in [5, 5.41) is 0. The molecule has 2 N–H and O–H groups in total. The SMILES string of the molecule is CCCCCCCCCCCCCOC(=O)C(C)(C)N. The number of esters is 1. The van der Waals surface area contributed by atoms with Crippen molar-refractivity contribution in [1.29, 1.82) is 0 Å². The first kappa shape index (κ1) is 19.4. The van der Waals surface area contributed by atoms with Gasteiger partial charge in [-0.25, -0.2) is 0 Å². The molecule has 3 heteroatoms. The van der Waals surface area contributed by atoms with Gasteiger partial charge < -0.3 is 10.5 Å². The van der Waals surface area contributed by atoms with E-state index < -0.39 is 5.54 Å². The van der Waals surface area contributed by atoms with Crippen molar-refractivity contribution >= 4 is 5.97 Å². The van der Waals surface area contributed by atoms with Crippen LogP contribution in [0.1, 0.15) is 91.4 Å². The van der Waals surface area contributed by atoms with Crippen LogP contribution in [0.3, 0.4) is 0 Å². The minimum absolute atomic E-state index is 0.301. The van der Waals surface area contributed by atoms with Crippen molar-refractivity contribution in [2.24, 2.45) is 5.73 Å². The topological polar surface area (TPSA) is 52.3 Å². The molecule has 0 aromatic carbocycles. The van der Waals surface area contributed by atoms with Gasteiger partial charge in [0.2, 0.25) is 0 Å². The summed E-state index contributed by atoms with van der Waals surface area (Å²) in [5.74, 6) is -0.301. The molecule has 0 aliphatic carbocycles. The first-order valence-electron chi connectivity index (χ1n) is 8.44. The second kappa shape index (κ2) is 12.2. The fourth-order valence-electron chi connectivity index (χ4n) is 2.12. The van der Waals surface area contributed by atoms with Crippen molar-refractivity contribution in [2.75, 3.05) is 6.61 Å². The van der Waals surface area contributed by atoms with Gasteiger partial charge in [0.1, 0.15) is 5.54 Å². The van der Waals surface area contributed by atoms with Gasteiger partial charge >= 0.3 is 5.97 Å². The second-order valence-electron chi connectivity index (χ2n) is 6.39. The first-order chi connectivity index (χ1) is 9.48. The molecule has 0 aliphatic rings. The Balaban J connectivity index is 3.16. The van der Waals surface area contributed by atoms with E-state index in [1.807, 2.05) is 0 Å². The summed E-state index contributed by atoms with van der Waals surface area (Å²) in [6.07, 6.45) is 14.3. The lowest BCUT2D eigenvalue weighted by atomic mass is 10.1. The number of carbonyl (C=O) groups excluding carboxylic acids is 1. The third-order valence-corrected chi connectivity index (χ3v) is 3.51. The number of carbonyl (C=O) groups is 1. The molecule has 0 saturated heterocycles. The Morgan fingerprint density at radius 1 is 0.850 bits per heavy atom. The van der Waals surface area contributed by atoms with Crippen molar-refractivity contribution in [3.8, 4) is 0 Å². The number of hydrogen-bond acceptors (Lipinski definition) is 3. The molecule has 0 bridgehead atoms. The van der Waals surface area contributed by atoms with Gasteiger partial charge in [-0.1, -0.05) is 71.1 Å². The van der Waals surface area contributed by atoms with E-state index in [4.69, 9.17) is 10.5 Å². The average molecular weight is 285 g/mol. The van der Waals surface area contributed by atoms with Crippen molar-refractivity contribution in [3.05, 3.63) is 0 Å². The molecule has 0 saturated carbocycles. The summed E-state index contributed by atoms with van der Waals surface area (Å²) in [6, 6.07) is 0. The molecule has 0 aromatic heterocycles. The maximum atomic E-state index is 11.4. The highest BCUT2D eigenvalue weighted by Crippen LogP contribution is 2.11. The highest BCUT2D eigenvalue weighted by atomic mass is 16.5. The van der Waals surface area contributed by atoms with E-state index in [-0.39, 0.29) is 5.97 Å². The van der Waals surface area contributed by atoms with Crippen LogP contribution in [-0.2, 0) is 9.53 Å². The Morgan fingerprint density at radius 3 is 1.65 bits per heavy atom. The van der Waals surface area contributed by atoms with Gasteiger partial charge in [-0.2, -0.15) is 0 Å². The van der Waals surface area contributed by atoms with Gasteiger partial charge in [0.25, 0.3) is 0 Å². The minimum Gasteiger partial charge on any atom is -0.464 e. The summed E-state index contributed by atoms with van der Waals surface area (Å²) < 4.78 is 5.13. The maximum absolute atomic E-state index is 11.4. The molecule has 0 unspecified atom stereocenters. The van der Waals surface area contributed by atoms with Crippen molar-refractivity contribution in [2.45, 2.75) is 96.9 Å². The molecule has 0 radical (unpaired) electrons. The third-order valence-electron chi connectivity index (χ3n) is 3.51. The molecule has 0 amide bonds. The normalized spacial score (nSPS) is 11.6. The van der Waals surface area contributed by atoms with E-state index >= 15 is 0 Å². The number of hydrogen-bond donors (Lipinski definition) is 1. The van der Waals surface area contributed by atoms with Crippen LogP contribution in [0.15, 0.2) is 0 Å². The lowest BCUT2D eigenvalue weighted by molar-refractivity contribution is -0.148. The van der Waals surface area contributed by atoms with Crippen molar-refractivity contribution in [3.63, 3.8) is 0 Å². The zero-order valence-corrected chi connectivity index (χ0v) is 13.9. The largest absolute Gasteiger partial charge is 0.464 e. The van der Waals surface area contributed by atoms with Gasteiger partial charge in [-0.15, -0.1) is 0 Å². The fraction of sp³-hybridized carbons (Fsp3) is 0.941. The third kappa shape index (κ3) is 12.5. The zero-order valence-electron chi connectivity index (χ0n) is 13.9. The molecule has 0 atom stereocenters. The van der Waals surface area contributed by atoms with Crippen molar-refractivity contribution < 1.29 is 9.53 Å². The molecular formula is C17H35NO2. The molecule has 0 heterocycles. The Morgan fingerprint density at radius 2 is 1.25 bits per heavy atom. The van der Waals surface area contributed by atoms with Gasteiger partial charge in [0.15, 0.2) is 0 Å². The van der Waals surface area contributed by atoms with Crippen LogP contribution in [0.5, 0.6) is 0 Å². The number of rotatable bonds is 13. The van der Waals surface area contributed by atoms with Gasteiger partial charge in [-0.3, -0.25) is 4.79 Å². The summed E-state index contributed by atoms with van der Waals surface area (Å²) in [5.41, 5.74) is 4.78. The molecule has 0 aliphatic heterocycles.